The van der Waals surface area contributed by atoms with Crippen LogP contribution in [0, 0.1) is 5.82 Å². The van der Waals surface area contributed by atoms with Gasteiger partial charge in [0.05, 0.1) is 19.8 Å². The monoisotopic (exact) mass is 317 g/mol. The Labute approximate surface area is 135 Å². The summed E-state index contributed by atoms with van der Waals surface area (Å²) in [6.07, 6.45) is 0. The largest absolute Gasteiger partial charge is 0.497 e. The molecule has 0 saturated heterocycles. The third kappa shape index (κ3) is 4.00. The maximum absolute atomic E-state index is 14.0. The number of hydrogen-bond acceptors (Lipinski definition) is 3. The van der Waals surface area contributed by atoms with Gasteiger partial charge in [0.15, 0.2) is 0 Å². The van der Waals surface area contributed by atoms with Gasteiger partial charge in [-0.15, -0.1) is 0 Å². The summed E-state index contributed by atoms with van der Waals surface area (Å²) in [7, 11) is 3.04. The zero-order valence-corrected chi connectivity index (χ0v) is 13.6. The maximum Gasteiger partial charge on any atom is 0.258 e. The molecule has 122 valence electrons. The molecule has 0 atom stereocenters. The van der Waals surface area contributed by atoms with Crippen LogP contribution in [0.1, 0.15) is 35.7 Å². The Morgan fingerprint density at radius 2 is 1.65 bits per heavy atom. The van der Waals surface area contributed by atoms with Crippen LogP contribution in [0.15, 0.2) is 36.4 Å². The highest BCUT2D eigenvalue weighted by Crippen LogP contribution is 2.26. The van der Waals surface area contributed by atoms with E-state index in [0.29, 0.717) is 17.2 Å². The van der Waals surface area contributed by atoms with Gasteiger partial charge >= 0.3 is 0 Å². The van der Waals surface area contributed by atoms with Gasteiger partial charge in [-0.25, -0.2) is 4.39 Å². The second-order valence-electron chi connectivity index (χ2n) is 5.45. The van der Waals surface area contributed by atoms with Crippen molar-refractivity contribution in [3.05, 3.63) is 53.3 Å². The fraction of sp³-hybridized carbons (Fsp3) is 0.278. The second kappa shape index (κ2) is 7.13. The molecule has 1 amide bonds. The highest BCUT2D eigenvalue weighted by Gasteiger charge is 2.15. The minimum absolute atomic E-state index is 0.0120. The molecule has 0 bridgehead atoms. The number of rotatable bonds is 5. The molecule has 0 aromatic heterocycles. The van der Waals surface area contributed by atoms with Crippen molar-refractivity contribution in [2.75, 3.05) is 19.5 Å². The summed E-state index contributed by atoms with van der Waals surface area (Å²) >= 11 is 0. The minimum atomic E-state index is -0.554. The summed E-state index contributed by atoms with van der Waals surface area (Å²) in [6, 6.07) is 9.55. The topological polar surface area (TPSA) is 47.6 Å². The summed E-state index contributed by atoms with van der Waals surface area (Å²) in [6.45, 7) is 3.98. The Kier molecular flexibility index (Phi) is 5.21. The number of anilines is 1. The first kappa shape index (κ1) is 16.8. The summed E-state index contributed by atoms with van der Waals surface area (Å²) in [5.41, 5.74) is 1.39. The van der Waals surface area contributed by atoms with Crippen molar-refractivity contribution in [3.63, 3.8) is 0 Å². The molecular weight excluding hydrogens is 297 g/mol. The third-order valence-corrected chi connectivity index (χ3v) is 3.51. The van der Waals surface area contributed by atoms with Gasteiger partial charge in [-0.05, 0) is 23.6 Å². The molecule has 0 aliphatic rings. The van der Waals surface area contributed by atoms with E-state index < -0.39 is 11.7 Å². The molecule has 0 saturated carbocycles. The van der Waals surface area contributed by atoms with E-state index in [1.807, 2.05) is 13.8 Å². The smallest absolute Gasteiger partial charge is 0.258 e. The first-order valence-corrected chi connectivity index (χ1v) is 7.28. The van der Waals surface area contributed by atoms with Crippen LogP contribution < -0.4 is 14.8 Å². The van der Waals surface area contributed by atoms with E-state index in [1.165, 1.54) is 20.3 Å². The van der Waals surface area contributed by atoms with Crippen LogP contribution in [0.25, 0.3) is 0 Å². The Bertz CT molecular complexity index is 691. The molecule has 23 heavy (non-hydrogen) atoms. The molecule has 0 heterocycles. The summed E-state index contributed by atoms with van der Waals surface area (Å²) in [5.74, 6) is 0.216. The molecule has 5 heteroatoms. The highest BCUT2D eigenvalue weighted by molar-refractivity contribution is 6.04. The van der Waals surface area contributed by atoms with Gasteiger partial charge in [0, 0.05) is 23.9 Å². The van der Waals surface area contributed by atoms with Gasteiger partial charge < -0.3 is 14.8 Å². The van der Waals surface area contributed by atoms with E-state index in [-0.39, 0.29) is 11.5 Å². The van der Waals surface area contributed by atoms with Crippen LogP contribution in [0.2, 0.25) is 0 Å². The highest BCUT2D eigenvalue weighted by atomic mass is 19.1. The van der Waals surface area contributed by atoms with Crippen molar-refractivity contribution in [3.8, 4) is 11.5 Å². The molecular formula is C18H20FNO3. The van der Waals surface area contributed by atoms with E-state index in [1.54, 1.807) is 30.3 Å². The van der Waals surface area contributed by atoms with E-state index in [2.05, 4.69) is 5.32 Å². The summed E-state index contributed by atoms with van der Waals surface area (Å²) in [5, 5.41) is 2.68. The predicted molar refractivity (Wildman–Crippen MR) is 88.0 cm³/mol. The number of halogens is 1. The zero-order valence-electron chi connectivity index (χ0n) is 13.6. The first-order valence-electron chi connectivity index (χ1n) is 7.28. The van der Waals surface area contributed by atoms with Crippen LogP contribution in [0.5, 0.6) is 11.5 Å². The molecule has 0 aliphatic carbocycles. The number of nitrogens with one attached hydrogen (secondary N) is 1. The average molecular weight is 317 g/mol. The normalized spacial score (nSPS) is 10.5. The van der Waals surface area contributed by atoms with Crippen molar-refractivity contribution < 1.29 is 18.7 Å². The van der Waals surface area contributed by atoms with Crippen molar-refractivity contribution in [2.24, 2.45) is 0 Å². The minimum Gasteiger partial charge on any atom is -0.497 e. The molecule has 0 spiro atoms. The lowest BCUT2D eigenvalue weighted by Gasteiger charge is -2.12. The molecule has 2 aromatic rings. The number of hydrogen-bond donors (Lipinski definition) is 1. The molecule has 0 unspecified atom stereocenters. The van der Waals surface area contributed by atoms with E-state index in [4.69, 9.17) is 9.47 Å². The third-order valence-electron chi connectivity index (χ3n) is 3.51. The molecule has 2 aromatic carbocycles. The van der Waals surface area contributed by atoms with Crippen molar-refractivity contribution >= 4 is 11.6 Å². The Balaban J connectivity index is 2.30. The Morgan fingerprint density at radius 3 is 2.17 bits per heavy atom. The van der Waals surface area contributed by atoms with Gasteiger partial charge in [0.25, 0.3) is 5.91 Å². The zero-order chi connectivity index (χ0) is 17.0. The van der Waals surface area contributed by atoms with Crippen LogP contribution >= 0.6 is 0 Å². The Morgan fingerprint density at radius 1 is 1.04 bits per heavy atom. The Hall–Kier alpha value is -2.56. The van der Waals surface area contributed by atoms with E-state index in [9.17, 15) is 9.18 Å². The van der Waals surface area contributed by atoms with E-state index in [0.717, 1.165) is 5.56 Å². The average Bonchev–Trinajstić information content (AvgIpc) is 2.54. The van der Waals surface area contributed by atoms with Crippen molar-refractivity contribution in [1.29, 1.82) is 0 Å². The number of methoxy groups -OCH3 is 2. The summed E-state index contributed by atoms with van der Waals surface area (Å²) < 4.78 is 24.3. The standard InChI is InChI=1S/C18H20FNO3/c1-11(2)12-5-6-17(19)16(7-12)18(21)20-13-8-14(22-3)10-15(9-13)23-4/h5-11H,1-4H3,(H,20,21). The van der Waals surface area contributed by atoms with Crippen LogP contribution in [-0.2, 0) is 0 Å². The lowest BCUT2D eigenvalue weighted by molar-refractivity contribution is 0.102. The van der Waals surface area contributed by atoms with Gasteiger partial charge in [-0.3, -0.25) is 4.79 Å². The molecule has 1 N–H and O–H groups in total. The number of carbonyl (C=O) groups excluding carboxylic acids is 1. The molecule has 0 fully saturated rings. The van der Waals surface area contributed by atoms with Crippen LogP contribution in [0.3, 0.4) is 0 Å². The van der Waals surface area contributed by atoms with Crippen LogP contribution in [-0.4, -0.2) is 20.1 Å². The van der Waals surface area contributed by atoms with Gasteiger partial charge in [-0.2, -0.15) is 0 Å². The SMILES string of the molecule is COc1cc(NC(=O)c2cc(C(C)C)ccc2F)cc(OC)c1. The number of ether oxygens (including phenoxy) is 2. The predicted octanol–water partition coefficient (Wildman–Crippen LogP) is 4.22. The fourth-order valence-corrected chi connectivity index (χ4v) is 2.15. The number of amides is 1. The lowest BCUT2D eigenvalue weighted by Crippen LogP contribution is -2.14. The molecule has 0 radical (unpaired) electrons. The lowest BCUT2D eigenvalue weighted by atomic mass is 10.0. The van der Waals surface area contributed by atoms with Crippen molar-refractivity contribution in [2.45, 2.75) is 19.8 Å². The van der Waals surface area contributed by atoms with Gasteiger partial charge in [0.1, 0.15) is 17.3 Å². The van der Waals surface area contributed by atoms with Crippen LogP contribution in [0.4, 0.5) is 10.1 Å². The summed E-state index contributed by atoms with van der Waals surface area (Å²) in [4.78, 5) is 12.4. The number of benzene rings is 2. The second-order valence-corrected chi connectivity index (χ2v) is 5.45. The maximum atomic E-state index is 14.0. The van der Waals surface area contributed by atoms with Crippen molar-refractivity contribution in [1.82, 2.24) is 0 Å². The molecule has 0 aliphatic heterocycles. The first-order chi connectivity index (χ1) is 10.9. The van der Waals surface area contributed by atoms with E-state index >= 15 is 0 Å². The molecule has 4 nitrogen and oxygen atoms in total. The van der Waals surface area contributed by atoms with Gasteiger partial charge in [-0.1, -0.05) is 19.9 Å². The quantitative estimate of drug-likeness (QED) is 0.898. The molecule has 2 rings (SSSR count). The number of carbonyl (C=O) groups is 1. The van der Waals surface area contributed by atoms with Gasteiger partial charge in [0.2, 0.25) is 0 Å². The fourth-order valence-electron chi connectivity index (χ4n) is 2.15.